The van der Waals surface area contributed by atoms with Crippen LogP contribution in [0.3, 0.4) is 0 Å². The van der Waals surface area contributed by atoms with Crippen LogP contribution in [0.4, 0.5) is 0 Å². The maximum atomic E-state index is 12.1. The molecular formula is C14H13N3O4S. The fraction of sp³-hybridized carbons (Fsp3) is 0.143. The third-order valence-electron chi connectivity index (χ3n) is 3.04. The molecule has 2 aromatic rings. The van der Waals surface area contributed by atoms with Crippen LogP contribution in [0.25, 0.3) is 0 Å². The number of fused-ring (bicyclic) bond motifs is 1. The van der Waals surface area contributed by atoms with Crippen molar-refractivity contribution in [2.24, 2.45) is 9.50 Å². The van der Waals surface area contributed by atoms with Gasteiger partial charge < -0.3 is 9.52 Å². The quantitative estimate of drug-likeness (QED) is 0.671. The average molecular weight is 319 g/mol. The first-order valence-electron chi connectivity index (χ1n) is 6.52. The molecule has 8 heteroatoms. The number of hydrazone groups is 1. The summed E-state index contributed by atoms with van der Waals surface area (Å²) in [5, 5.41) is 14.7. The summed E-state index contributed by atoms with van der Waals surface area (Å²) in [7, 11) is -3.72. The Morgan fingerprint density at radius 1 is 1.27 bits per heavy atom. The van der Waals surface area contributed by atoms with Gasteiger partial charge in [0.1, 0.15) is 10.7 Å². The molecule has 1 aromatic carbocycles. The Hall–Kier alpha value is -2.45. The number of nitrogens with zero attached hydrogens (tertiary/aromatic N) is 3. The van der Waals surface area contributed by atoms with Gasteiger partial charge in [0, 0.05) is 5.56 Å². The third kappa shape index (κ3) is 2.66. The number of furan rings is 1. The number of hydrogen-bond acceptors (Lipinski definition) is 6. The van der Waals surface area contributed by atoms with Crippen LogP contribution in [0, 0.1) is 0 Å². The maximum absolute atomic E-state index is 12.1. The second-order valence-corrected chi connectivity index (χ2v) is 6.07. The Balaban J connectivity index is 1.99. The second kappa shape index (κ2) is 5.74. The van der Waals surface area contributed by atoms with Gasteiger partial charge in [-0.1, -0.05) is 12.1 Å². The van der Waals surface area contributed by atoms with Crippen molar-refractivity contribution in [3.05, 3.63) is 54.0 Å². The summed E-state index contributed by atoms with van der Waals surface area (Å²) in [6.45, 7) is -0.0867. The van der Waals surface area contributed by atoms with Crippen LogP contribution in [0.15, 0.2) is 61.5 Å². The smallest absolute Gasteiger partial charge is 0.285 e. The summed E-state index contributed by atoms with van der Waals surface area (Å²) in [5.74, 6) is 0.699. The summed E-state index contributed by atoms with van der Waals surface area (Å²) in [6.07, 6.45) is 2.94. The molecule has 0 radical (unpaired) electrons. The van der Waals surface area contributed by atoms with E-state index in [1.54, 1.807) is 30.3 Å². The van der Waals surface area contributed by atoms with Crippen molar-refractivity contribution < 1.29 is 17.9 Å². The highest BCUT2D eigenvalue weighted by Crippen LogP contribution is 2.27. The molecule has 0 fully saturated rings. The van der Waals surface area contributed by atoms with Gasteiger partial charge in [-0.15, -0.1) is 4.40 Å². The van der Waals surface area contributed by atoms with Crippen molar-refractivity contribution in [1.29, 1.82) is 0 Å². The molecule has 1 aromatic heterocycles. The first-order valence-corrected chi connectivity index (χ1v) is 7.96. The first-order chi connectivity index (χ1) is 10.6. The molecule has 1 aliphatic rings. The van der Waals surface area contributed by atoms with E-state index in [0.717, 1.165) is 0 Å². The first kappa shape index (κ1) is 14.5. The third-order valence-corrected chi connectivity index (χ3v) is 4.36. The number of sulfonamides is 1. The van der Waals surface area contributed by atoms with Crippen LogP contribution in [-0.2, 0) is 10.0 Å². The Labute approximate surface area is 127 Å². The molecule has 0 saturated carbocycles. The summed E-state index contributed by atoms with van der Waals surface area (Å²) in [5.41, 5.74) is 0.465. The van der Waals surface area contributed by atoms with Gasteiger partial charge in [0.15, 0.2) is 5.84 Å². The zero-order valence-electron chi connectivity index (χ0n) is 11.5. The molecule has 0 atom stereocenters. The van der Waals surface area contributed by atoms with Crippen LogP contribution < -0.4 is 0 Å². The summed E-state index contributed by atoms with van der Waals surface area (Å²) in [4.78, 5) is 0.140. The van der Waals surface area contributed by atoms with Crippen LogP contribution in [0.5, 0.6) is 0 Å². The zero-order chi connectivity index (χ0) is 15.6. The summed E-state index contributed by atoms with van der Waals surface area (Å²) < 4.78 is 33.0. The van der Waals surface area contributed by atoms with Gasteiger partial charge in [0.25, 0.3) is 10.0 Å². The Bertz CT molecular complexity index is 826. The van der Waals surface area contributed by atoms with E-state index in [1.165, 1.54) is 23.6 Å². The van der Waals surface area contributed by atoms with Crippen LogP contribution in [-0.4, -0.2) is 43.7 Å². The molecule has 1 aliphatic heterocycles. The van der Waals surface area contributed by atoms with Crippen molar-refractivity contribution in [3.8, 4) is 0 Å². The number of hydrogen-bond donors (Lipinski definition) is 1. The molecule has 1 N–H and O–H groups in total. The van der Waals surface area contributed by atoms with Crippen molar-refractivity contribution in [1.82, 2.24) is 5.01 Å². The highest BCUT2D eigenvalue weighted by Gasteiger charge is 2.31. The van der Waals surface area contributed by atoms with Gasteiger partial charge in [0.05, 0.1) is 25.6 Å². The van der Waals surface area contributed by atoms with E-state index in [4.69, 9.17) is 4.42 Å². The summed E-state index contributed by atoms with van der Waals surface area (Å²) >= 11 is 0. The predicted octanol–water partition coefficient (Wildman–Crippen LogP) is 1.06. The van der Waals surface area contributed by atoms with E-state index in [0.29, 0.717) is 11.3 Å². The lowest BCUT2D eigenvalue weighted by atomic mass is 10.2. The largest absolute Gasteiger partial charge is 0.463 e. The van der Waals surface area contributed by atoms with Crippen LogP contribution >= 0.6 is 0 Å². The summed E-state index contributed by atoms with van der Waals surface area (Å²) in [6, 6.07) is 9.94. The fourth-order valence-electron chi connectivity index (χ4n) is 2.08. The van der Waals surface area contributed by atoms with Gasteiger partial charge in [-0.2, -0.15) is 13.5 Å². The number of amidine groups is 1. The Kier molecular flexibility index (Phi) is 3.78. The number of benzene rings is 1. The lowest BCUT2D eigenvalue weighted by Gasteiger charge is -2.17. The van der Waals surface area contributed by atoms with Crippen molar-refractivity contribution in [2.45, 2.75) is 4.90 Å². The molecule has 0 saturated heterocycles. The number of rotatable bonds is 4. The lowest BCUT2D eigenvalue weighted by molar-refractivity contribution is 0.253. The monoisotopic (exact) mass is 319 g/mol. The zero-order valence-corrected chi connectivity index (χ0v) is 12.3. The van der Waals surface area contributed by atoms with Gasteiger partial charge in [-0.05, 0) is 24.3 Å². The molecular weight excluding hydrogens is 306 g/mol. The molecule has 114 valence electrons. The van der Waals surface area contributed by atoms with E-state index in [2.05, 4.69) is 9.50 Å². The second-order valence-electron chi connectivity index (χ2n) is 4.49. The molecule has 3 rings (SSSR count). The maximum Gasteiger partial charge on any atom is 0.285 e. The molecule has 2 heterocycles. The highest BCUT2D eigenvalue weighted by molar-refractivity contribution is 7.90. The minimum atomic E-state index is -3.72. The van der Waals surface area contributed by atoms with Gasteiger partial charge >= 0.3 is 0 Å². The lowest BCUT2D eigenvalue weighted by Crippen LogP contribution is -2.28. The van der Waals surface area contributed by atoms with E-state index < -0.39 is 10.0 Å². The predicted molar refractivity (Wildman–Crippen MR) is 80.3 cm³/mol. The number of aliphatic hydroxyl groups excluding tert-OH is 1. The van der Waals surface area contributed by atoms with Gasteiger partial charge in [0.2, 0.25) is 0 Å². The molecule has 0 bridgehead atoms. The molecule has 22 heavy (non-hydrogen) atoms. The highest BCUT2D eigenvalue weighted by atomic mass is 32.2. The van der Waals surface area contributed by atoms with Gasteiger partial charge in [-0.3, -0.25) is 0 Å². The van der Waals surface area contributed by atoms with E-state index >= 15 is 0 Å². The standard InChI is InChI=1S/C14H13N3O4S/c18-8-7-17(15-10-11-4-3-9-21-11)14-12-5-1-2-6-13(12)22(19,20)16-14/h1-6,9-10,18H,7-8H2. The van der Waals surface area contributed by atoms with Crippen molar-refractivity contribution in [2.75, 3.05) is 13.2 Å². The van der Waals surface area contributed by atoms with E-state index in [1.807, 2.05) is 0 Å². The molecule has 0 aliphatic carbocycles. The Morgan fingerprint density at radius 2 is 2.09 bits per heavy atom. The van der Waals surface area contributed by atoms with E-state index in [-0.39, 0.29) is 23.9 Å². The van der Waals surface area contributed by atoms with Crippen molar-refractivity contribution in [3.63, 3.8) is 0 Å². The normalized spacial score (nSPS) is 15.8. The van der Waals surface area contributed by atoms with Crippen molar-refractivity contribution >= 4 is 22.1 Å². The molecule has 0 amide bonds. The molecule has 0 spiro atoms. The molecule has 0 unspecified atom stereocenters. The topological polar surface area (TPSA) is 95.5 Å². The van der Waals surface area contributed by atoms with Gasteiger partial charge in [-0.25, -0.2) is 5.01 Å². The molecule has 7 nitrogen and oxygen atoms in total. The average Bonchev–Trinajstić information content (AvgIpc) is 3.11. The Morgan fingerprint density at radius 3 is 2.82 bits per heavy atom. The van der Waals surface area contributed by atoms with E-state index in [9.17, 15) is 13.5 Å². The SMILES string of the molecule is O=S1(=O)N=C(N(CCO)N=Cc2ccco2)c2ccccc21. The number of aliphatic hydroxyl groups is 1. The minimum Gasteiger partial charge on any atom is -0.463 e. The minimum absolute atomic E-state index is 0.111. The van der Waals surface area contributed by atoms with Crippen LogP contribution in [0.2, 0.25) is 0 Å². The fourth-order valence-corrected chi connectivity index (χ4v) is 3.29. The van der Waals surface area contributed by atoms with Crippen LogP contribution in [0.1, 0.15) is 11.3 Å².